The average molecular weight is 320 g/mol. The Bertz CT molecular complexity index is 436. The number of carbonyl (C=O) groups excluding carboxylic acids is 1. The Kier molecular flexibility index (Phi) is 7.36. The molecule has 0 saturated heterocycles. The van der Waals surface area contributed by atoms with Crippen molar-refractivity contribution in [2.24, 2.45) is 17.1 Å². The van der Waals surface area contributed by atoms with E-state index in [1.54, 1.807) is 13.8 Å². The summed E-state index contributed by atoms with van der Waals surface area (Å²) in [5, 5.41) is 2.73. The minimum absolute atomic E-state index is 0.0991. The quantitative estimate of drug-likeness (QED) is 0.712. The molecule has 5 nitrogen and oxygen atoms in total. The van der Waals surface area contributed by atoms with Crippen LogP contribution in [0.2, 0.25) is 0 Å². The summed E-state index contributed by atoms with van der Waals surface area (Å²) in [5.74, 6) is 0.286. The molecule has 1 unspecified atom stereocenters. The number of hydrogen-bond donors (Lipinski definition) is 2. The minimum Gasteiger partial charge on any atom is -0.355 e. The average Bonchev–Trinajstić information content (AvgIpc) is 2.29. The molecule has 0 rings (SSSR count). The van der Waals surface area contributed by atoms with Crippen molar-refractivity contribution in [3.05, 3.63) is 0 Å². The first-order valence-corrected chi connectivity index (χ1v) is 9.37. The van der Waals surface area contributed by atoms with Gasteiger partial charge in [0.05, 0.1) is 4.75 Å². The zero-order chi connectivity index (χ0) is 16.9. The Morgan fingerprint density at radius 3 is 2.05 bits per heavy atom. The summed E-state index contributed by atoms with van der Waals surface area (Å²) < 4.78 is 22.2. The summed E-state index contributed by atoms with van der Waals surface area (Å²) in [4.78, 5) is 11.9. The zero-order valence-electron chi connectivity index (χ0n) is 14.3. The van der Waals surface area contributed by atoms with Gasteiger partial charge in [0.25, 0.3) is 0 Å². The molecule has 0 saturated carbocycles. The molecule has 0 aromatic rings. The van der Waals surface area contributed by atoms with Gasteiger partial charge in [-0.2, -0.15) is 0 Å². The van der Waals surface area contributed by atoms with Crippen molar-refractivity contribution in [2.75, 3.05) is 19.3 Å². The Labute approximate surface area is 130 Å². The Hall–Kier alpha value is -0.620. The molecule has 0 radical (unpaired) electrons. The molecule has 21 heavy (non-hydrogen) atoms. The Balaban J connectivity index is 4.40. The number of nitrogens with one attached hydrogen (secondary N) is 1. The number of nitrogens with two attached hydrogens (primary N) is 1. The second-order valence-corrected chi connectivity index (χ2v) is 10.1. The van der Waals surface area contributed by atoms with Crippen molar-refractivity contribution in [1.29, 1.82) is 0 Å². The number of hydrogen-bond acceptors (Lipinski definition) is 4. The van der Waals surface area contributed by atoms with Crippen LogP contribution in [0.4, 0.5) is 0 Å². The van der Waals surface area contributed by atoms with Gasteiger partial charge in [0.1, 0.15) is 0 Å². The van der Waals surface area contributed by atoms with E-state index in [2.05, 4.69) is 26.1 Å². The predicted molar refractivity (Wildman–Crippen MR) is 87.8 cm³/mol. The van der Waals surface area contributed by atoms with Crippen molar-refractivity contribution >= 4 is 15.7 Å². The Morgan fingerprint density at radius 2 is 1.67 bits per heavy atom. The molecule has 0 bridgehead atoms. The molecule has 0 aromatic heterocycles. The van der Waals surface area contributed by atoms with Gasteiger partial charge in [-0.05, 0) is 44.6 Å². The number of sulfone groups is 1. The number of rotatable bonds is 8. The largest absolute Gasteiger partial charge is 0.355 e. The maximum absolute atomic E-state index is 11.9. The van der Waals surface area contributed by atoms with Gasteiger partial charge < -0.3 is 11.1 Å². The van der Waals surface area contributed by atoms with Gasteiger partial charge in [0.2, 0.25) is 5.91 Å². The van der Waals surface area contributed by atoms with E-state index in [4.69, 9.17) is 5.73 Å². The van der Waals surface area contributed by atoms with Gasteiger partial charge in [-0.1, -0.05) is 20.8 Å². The molecule has 0 spiro atoms. The van der Waals surface area contributed by atoms with Crippen LogP contribution in [0.15, 0.2) is 0 Å². The molecule has 6 heteroatoms. The summed E-state index contributed by atoms with van der Waals surface area (Å²) in [7, 11) is -3.19. The summed E-state index contributed by atoms with van der Waals surface area (Å²) in [5.41, 5.74) is 5.75. The molecule has 0 fully saturated rings. The van der Waals surface area contributed by atoms with Crippen molar-refractivity contribution in [2.45, 2.75) is 58.6 Å². The van der Waals surface area contributed by atoms with Gasteiger partial charge in [0.15, 0.2) is 9.84 Å². The van der Waals surface area contributed by atoms with Gasteiger partial charge in [-0.15, -0.1) is 0 Å². The van der Waals surface area contributed by atoms with Crippen LogP contribution in [0.1, 0.15) is 53.9 Å². The maximum atomic E-state index is 11.9. The van der Waals surface area contributed by atoms with Crippen LogP contribution in [0.5, 0.6) is 0 Å². The van der Waals surface area contributed by atoms with Gasteiger partial charge in [-0.25, -0.2) is 8.42 Å². The zero-order valence-corrected chi connectivity index (χ0v) is 15.1. The summed E-state index contributed by atoms with van der Waals surface area (Å²) in [6.07, 6.45) is 3.26. The fraction of sp³-hybridized carbons (Fsp3) is 0.933. The first-order valence-electron chi connectivity index (χ1n) is 7.47. The fourth-order valence-corrected chi connectivity index (χ4v) is 2.38. The molecule has 0 heterocycles. The van der Waals surface area contributed by atoms with E-state index in [0.717, 1.165) is 12.8 Å². The highest BCUT2D eigenvalue weighted by Crippen LogP contribution is 2.32. The fourth-order valence-electron chi connectivity index (χ4n) is 2.05. The topological polar surface area (TPSA) is 89.3 Å². The smallest absolute Gasteiger partial charge is 0.220 e. The first kappa shape index (κ1) is 20.4. The highest BCUT2D eigenvalue weighted by molar-refractivity contribution is 7.92. The minimum atomic E-state index is -3.19. The monoisotopic (exact) mass is 320 g/mol. The van der Waals surface area contributed by atoms with Crippen molar-refractivity contribution in [3.8, 4) is 0 Å². The second kappa shape index (κ2) is 7.58. The first-order chi connectivity index (χ1) is 9.31. The molecular weight excluding hydrogens is 288 g/mol. The van der Waals surface area contributed by atoms with Crippen LogP contribution in [0, 0.1) is 11.3 Å². The van der Waals surface area contributed by atoms with E-state index in [1.165, 1.54) is 6.26 Å². The highest BCUT2D eigenvalue weighted by atomic mass is 32.2. The summed E-state index contributed by atoms with van der Waals surface area (Å²) in [6, 6.07) is 0. The molecule has 0 aromatic carbocycles. The molecule has 0 aliphatic carbocycles. The standard InChI is InChI=1S/C15H32N2O3S/c1-14(2,3)12(9-10-16)7-8-13(18)17-11-15(4,5)21(6,19)20/h12H,7-11,16H2,1-6H3,(H,17,18). The Morgan fingerprint density at radius 1 is 1.14 bits per heavy atom. The lowest BCUT2D eigenvalue weighted by molar-refractivity contribution is -0.121. The van der Waals surface area contributed by atoms with E-state index in [-0.39, 0.29) is 17.9 Å². The molecule has 0 aliphatic rings. The molecule has 1 atom stereocenters. The lowest BCUT2D eigenvalue weighted by Gasteiger charge is -2.30. The van der Waals surface area contributed by atoms with Crippen molar-refractivity contribution in [1.82, 2.24) is 5.32 Å². The summed E-state index contributed by atoms with van der Waals surface area (Å²) in [6.45, 7) is 10.4. The lowest BCUT2D eigenvalue weighted by Crippen LogP contribution is -2.43. The van der Waals surface area contributed by atoms with Crippen LogP contribution < -0.4 is 11.1 Å². The number of amides is 1. The van der Waals surface area contributed by atoms with E-state index in [1.807, 2.05) is 0 Å². The highest BCUT2D eigenvalue weighted by Gasteiger charge is 2.30. The normalized spacial score (nSPS) is 14.8. The van der Waals surface area contributed by atoms with Crippen molar-refractivity contribution < 1.29 is 13.2 Å². The predicted octanol–water partition coefficient (Wildman–Crippen LogP) is 1.72. The molecule has 126 valence electrons. The molecule has 1 amide bonds. The SMILES string of the molecule is CC(C)(C)C(CCN)CCC(=O)NCC(C)(C)S(C)(=O)=O. The van der Waals surface area contributed by atoms with Gasteiger partial charge in [-0.3, -0.25) is 4.79 Å². The van der Waals surface area contributed by atoms with Gasteiger partial charge in [0, 0.05) is 19.2 Å². The van der Waals surface area contributed by atoms with Crippen LogP contribution in [0.25, 0.3) is 0 Å². The molecular formula is C15H32N2O3S. The van der Waals surface area contributed by atoms with Crippen LogP contribution in [-0.4, -0.2) is 38.4 Å². The molecule has 3 N–H and O–H groups in total. The maximum Gasteiger partial charge on any atom is 0.220 e. The van der Waals surface area contributed by atoms with Crippen LogP contribution in [-0.2, 0) is 14.6 Å². The molecule has 0 aliphatic heterocycles. The third kappa shape index (κ3) is 7.27. The lowest BCUT2D eigenvalue weighted by atomic mass is 9.76. The summed E-state index contributed by atoms with van der Waals surface area (Å²) >= 11 is 0. The van der Waals surface area contributed by atoms with E-state index >= 15 is 0 Å². The number of carbonyl (C=O) groups is 1. The van der Waals surface area contributed by atoms with Crippen LogP contribution >= 0.6 is 0 Å². The second-order valence-electron chi connectivity index (χ2n) is 7.49. The third-order valence-electron chi connectivity index (χ3n) is 4.17. The van der Waals surface area contributed by atoms with E-state index in [9.17, 15) is 13.2 Å². The van der Waals surface area contributed by atoms with E-state index < -0.39 is 14.6 Å². The van der Waals surface area contributed by atoms with Gasteiger partial charge >= 0.3 is 0 Å². The van der Waals surface area contributed by atoms with Crippen molar-refractivity contribution in [3.63, 3.8) is 0 Å². The van der Waals surface area contributed by atoms with E-state index in [0.29, 0.717) is 18.9 Å². The van der Waals surface area contributed by atoms with Crippen LogP contribution in [0.3, 0.4) is 0 Å². The third-order valence-corrected chi connectivity index (χ3v) is 6.33.